The molecule has 1 heterocycles. The Morgan fingerprint density at radius 1 is 1.20 bits per heavy atom. The second-order valence-corrected chi connectivity index (χ2v) is 7.68. The van der Waals surface area contributed by atoms with Crippen LogP contribution >= 0.6 is 12.6 Å². The van der Waals surface area contributed by atoms with E-state index < -0.39 is 42.0 Å². The van der Waals surface area contributed by atoms with Gasteiger partial charge in [0.15, 0.2) is 0 Å². The number of amides is 3. The van der Waals surface area contributed by atoms with Crippen molar-refractivity contribution < 1.29 is 24.3 Å². The van der Waals surface area contributed by atoms with E-state index in [1.807, 2.05) is 6.07 Å². The first-order chi connectivity index (χ1) is 14.2. The van der Waals surface area contributed by atoms with Crippen LogP contribution in [-0.2, 0) is 25.6 Å². The molecular formula is C20H28N4O5S. The lowest BCUT2D eigenvalue weighted by Crippen LogP contribution is -2.57. The molecule has 1 fully saturated rings. The molecule has 10 heteroatoms. The third kappa shape index (κ3) is 6.20. The van der Waals surface area contributed by atoms with Gasteiger partial charge in [-0.25, -0.2) is 4.79 Å². The van der Waals surface area contributed by atoms with Gasteiger partial charge < -0.3 is 26.4 Å². The van der Waals surface area contributed by atoms with Crippen LogP contribution < -0.4 is 16.4 Å². The fourth-order valence-corrected chi connectivity index (χ4v) is 3.60. The molecule has 0 spiro atoms. The van der Waals surface area contributed by atoms with Gasteiger partial charge in [0.25, 0.3) is 0 Å². The monoisotopic (exact) mass is 436 g/mol. The summed E-state index contributed by atoms with van der Waals surface area (Å²) in [6, 6.07) is 5.42. The molecule has 0 bridgehead atoms. The van der Waals surface area contributed by atoms with Crippen molar-refractivity contribution in [3.8, 4) is 0 Å². The first kappa shape index (κ1) is 23.7. The van der Waals surface area contributed by atoms with Gasteiger partial charge in [0.2, 0.25) is 17.7 Å². The molecule has 0 saturated carbocycles. The number of rotatable bonds is 9. The molecule has 3 amide bonds. The number of carboxylic acids is 1. The van der Waals surface area contributed by atoms with Gasteiger partial charge >= 0.3 is 5.97 Å². The van der Waals surface area contributed by atoms with E-state index in [9.17, 15) is 24.3 Å². The highest BCUT2D eigenvalue weighted by Gasteiger charge is 2.37. The quantitative estimate of drug-likeness (QED) is 0.332. The molecule has 5 N–H and O–H groups in total. The SMILES string of the molecule is CC(N)C(=O)N1CCCC1C(=O)NC(Cc1ccccc1)C(=O)NC(CS)C(=O)O. The second kappa shape index (κ2) is 11.0. The van der Waals surface area contributed by atoms with Gasteiger partial charge in [-0.05, 0) is 25.3 Å². The van der Waals surface area contributed by atoms with Crippen molar-refractivity contribution in [2.45, 2.75) is 50.4 Å². The highest BCUT2D eigenvalue weighted by atomic mass is 32.1. The summed E-state index contributed by atoms with van der Waals surface area (Å²) in [5.41, 5.74) is 6.48. The van der Waals surface area contributed by atoms with Gasteiger partial charge in [0.1, 0.15) is 18.1 Å². The number of hydrogen-bond donors (Lipinski definition) is 5. The average molecular weight is 437 g/mol. The first-order valence-corrected chi connectivity index (χ1v) is 10.4. The van der Waals surface area contributed by atoms with E-state index in [4.69, 9.17) is 5.73 Å². The summed E-state index contributed by atoms with van der Waals surface area (Å²) in [7, 11) is 0. The Balaban J connectivity index is 2.17. The summed E-state index contributed by atoms with van der Waals surface area (Å²) < 4.78 is 0. The molecule has 0 aromatic heterocycles. The van der Waals surface area contributed by atoms with Crippen LogP contribution in [0.2, 0.25) is 0 Å². The molecule has 1 aromatic carbocycles. The summed E-state index contributed by atoms with van der Waals surface area (Å²) in [6.07, 6.45) is 1.30. The Hall–Kier alpha value is -2.59. The number of thiol groups is 1. The fourth-order valence-electron chi connectivity index (χ4n) is 3.35. The Bertz CT molecular complexity index is 774. The van der Waals surface area contributed by atoms with Gasteiger partial charge in [-0.2, -0.15) is 12.6 Å². The summed E-state index contributed by atoms with van der Waals surface area (Å²) in [4.78, 5) is 50.7. The predicted molar refractivity (Wildman–Crippen MR) is 114 cm³/mol. The fraction of sp³-hybridized carbons (Fsp3) is 0.500. The van der Waals surface area contributed by atoms with Crippen molar-refractivity contribution in [3.05, 3.63) is 35.9 Å². The summed E-state index contributed by atoms with van der Waals surface area (Å²) in [5.74, 6) is -2.72. The Labute approximate surface area is 180 Å². The van der Waals surface area contributed by atoms with Crippen LogP contribution in [0.4, 0.5) is 0 Å². The van der Waals surface area contributed by atoms with E-state index in [1.165, 1.54) is 4.90 Å². The molecule has 4 atom stereocenters. The Kier molecular flexibility index (Phi) is 8.67. The normalized spacial score (nSPS) is 18.9. The first-order valence-electron chi connectivity index (χ1n) is 9.79. The molecule has 9 nitrogen and oxygen atoms in total. The van der Waals surface area contributed by atoms with Crippen LogP contribution in [-0.4, -0.2) is 70.2 Å². The van der Waals surface area contributed by atoms with Gasteiger partial charge in [0, 0.05) is 18.7 Å². The Morgan fingerprint density at radius 2 is 1.87 bits per heavy atom. The van der Waals surface area contributed by atoms with Crippen molar-refractivity contribution in [1.82, 2.24) is 15.5 Å². The third-order valence-corrected chi connectivity index (χ3v) is 5.31. The van der Waals surface area contributed by atoms with Crippen LogP contribution in [0.1, 0.15) is 25.3 Å². The maximum absolute atomic E-state index is 12.9. The van der Waals surface area contributed by atoms with Gasteiger partial charge in [-0.15, -0.1) is 0 Å². The Morgan fingerprint density at radius 3 is 2.43 bits per heavy atom. The lowest BCUT2D eigenvalue weighted by atomic mass is 10.0. The molecule has 1 aromatic rings. The predicted octanol–water partition coefficient (Wildman–Crippen LogP) is -0.449. The topological polar surface area (TPSA) is 142 Å². The number of carbonyl (C=O) groups is 4. The number of nitrogens with zero attached hydrogens (tertiary/aromatic N) is 1. The van der Waals surface area contributed by atoms with Crippen molar-refractivity contribution in [1.29, 1.82) is 0 Å². The van der Waals surface area contributed by atoms with Gasteiger partial charge in [0.05, 0.1) is 6.04 Å². The summed E-state index contributed by atoms with van der Waals surface area (Å²) in [6.45, 7) is 1.99. The third-order valence-electron chi connectivity index (χ3n) is 4.94. The lowest BCUT2D eigenvalue weighted by molar-refractivity contribution is -0.142. The number of aliphatic carboxylic acids is 1. The highest BCUT2D eigenvalue weighted by molar-refractivity contribution is 7.80. The lowest BCUT2D eigenvalue weighted by Gasteiger charge is -2.28. The highest BCUT2D eigenvalue weighted by Crippen LogP contribution is 2.19. The van der Waals surface area contributed by atoms with Crippen LogP contribution in [0.3, 0.4) is 0 Å². The van der Waals surface area contributed by atoms with Crippen molar-refractivity contribution >= 4 is 36.3 Å². The molecule has 1 aliphatic heterocycles. The molecule has 1 saturated heterocycles. The zero-order valence-corrected chi connectivity index (χ0v) is 17.7. The minimum atomic E-state index is -1.22. The van der Waals surface area contributed by atoms with E-state index in [-0.39, 0.29) is 18.1 Å². The van der Waals surface area contributed by atoms with Crippen molar-refractivity contribution in [2.24, 2.45) is 5.73 Å². The minimum absolute atomic E-state index is 0.0909. The molecule has 4 unspecified atom stereocenters. The number of likely N-dealkylation sites (tertiary alicyclic amines) is 1. The summed E-state index contributed by atoms with van der Waals surface area (Å²) >= 11 is 3.95. The number of carbonyl (C=O) groups excluding carboxylic acids is 3. The molecule has 164 valence electrons. The average Bonchev–Trinajstić information content (AvgIpc) is 3.21. The van der Waals surface area contributed by atoms with Crippen LogP contribution in [0.5, 0.6) is 0 Å². The second-order valence-electron chi connectivity index (χ2n) is 7.31. The zero-order valence-electron chi connectivity index (χ0n) is 16.8. The molecule has 30 heavy (non-hydrogen) atoms. The van der Waals surface area contributed by atoms with E-state index in [0.717, 1.165) is 5.56 Å². The van der Waals surface area contributed by atoms with Gasteiger partial charge in [-0.1, -0.05) is 30.3 Å². The molecule has 0 aliphatic carbocycles. The number of nitrogens with two attached hydrogens (primary N) is 1. The van der Waals surface area contributed by atoms with E-state index in [2.05, 4.69) is 23.3 Å². The molecule has 1 aliphatic rings. The smallest absolute Gasteiger partial charge is 0.327 e. The number of nitrogens with one attached hydrogen (secondary N) is 2. The number of hydrogen-bond acceptors (Lipinski definition) is 6. The largest absolute Gasteiger partial charge is 0.480 e. The van der Waals surface area contributed by atoms with Crippen LogP contribution in [0.15, 0.2) is 30.3 Å². The van der Waals surface area contributed by atoms with Crippen molar-refractivity contribution in [3.63, 3.8) is 0 Å². The van der Waals surface area contributed by atoms with E-state index in [1.54, 1.807) is 31.2 Å². The van der Waals surface area contributed by atoms with E-state index in [0.29, 0.717) is 19.4 Å². The molecule has 0 radical (unpaired) electrons. The van der Waals surface area contributed by atoms with E-state index >= 15 is 0 Å². The molecular weight excluding hydrogens is 408 g/mol. The zero-order chi connectivity index (χ0) is 22.3. The van der Waals surface area contributed by atoms with Crippen LogP contribution in [0, 0.1) is 0 Å². The molecule has 2 rings (SSSR count). The van der Waals surface area contributed by atoms with Crippen LogP contribution in [0.25, 0.3) is 0 Å². The maximum atomic E-state index is 12.9. The summed E-state index contributed by atoms with van der Waals surface area (Å²) in [5, 5.41) is 14.3. The van der Waals surface area contributed by atoms with Gasteiger partial charge in [-0.3, -0.25) is 14.4 Å². The number of carboxylic acid groups (broad SMARTS) is 1. The minimum Gasteiger partial charge on any atom is -0.480 e. The number of benzene rings is 1. The maximum Gasteiger partial charge on any atom is 0.327 e. The standard InChI is InChI=1S/C20H28N4O5S/c1-12(21)19(27)24-9-5-8-16(24)18(26)22-14(10-13-6-3-2-4-7-13)17(25)23-15(11-30)20(28)29/h2-4,6-7,12,14-16,30H,5,8-11,21H2,1H3,(H,22,26)(H,23,25)(H,28,29). The van der Waals surface area contributed by atoms with Crippen molar-refractivity contribution in [2.75, 3.05) is 12.3 Å².